The molecular weight excluding hydrogens is 190 g/mol. The van der Waals surface area contributed by atoms with Gasteiger partial charge < -0.3 is 0 Å². The number of hydrogen-bond acceptors (Lipinski definition) is 3. The third-order valence-electron chi connectivity index (χ3n) is 3.05. The van der Waals surface area contributed by atoms with E-state index in [1.54, 1.807) is 6.33 Å². The fourth-order valence-corrected chi connectivity index (χ4v) is 2.26. The van der Waals surface area contributed by atoms with Gasteiger partial charge in [0.25, 0.3) is 0 Å². The van der Waals surface area contributed by atoms with Crippen molar-refractivity contribution >= 4 is 5.78 Å². The Labute approximate surface area is 89.7 Å². The third-order valence-corrected chi connectivity index (χ3v) is 3.05. The van der Waals surface area contributed by atoms with Gasteiger partial charge in [-0.2, -0.15) is 5.10 Å². The highest BCUT2D eigenvalue weighted by Crippen LogP contribution is 2.24. The van der Waals surface area contributed by atoms with Crippen LogP contribution < -0.4 is 0 Å². The molecular formula is C11H17N3O. The van der Waals surface area contributed by atoms with E-state index in [1.165, 1.54) is 0 Å². The molecule has 1 aliphatic carbocycles. The molecule has 1 fully saturated rings. The lowest BCUT2D eigenvalue weighted by molar-refractivity contribution is -0.121. The minimum Gasteiger partial charge on any atom is -0.300 e. The number of aromatic nitrogens is 3. The van der Waals surface area contributed by atoms with Gasteiger partial charge in [0.1, 0.15) is 17.9 Å². The van der Waals surface area contributed by atoms with Crippen LogP contribution in [-0.2, 0) is 17.8 Å². The Balaban J connectivity index is 1.98. The zero-order valence-electron chi connectivity index (χ0n) is 9.15. The molecule has 1 aliphatic rings. The second-order valence-corrected chi connectivity index (χ2v) is 4.20. The molecule has 0 amide bonds. The Morgan fingerprint density at radius 3 is 3.20 bits per heavy atom. The first-order chi connectivity index (χ1) is 7.29. The molecule has 15 heavy (non-hydrogen) atoms. The van der Waals surface area contributed by atoms with Gasteiger partial charge in [-0.3, -0.25) is 9.48 Å². The number of carbonyl (C=O) groups excluding carboxylic acids is 1. The lowest BCUT2D eigenvalue weighted by Gasteiger charge is -2.20. The van der Waals surface area contributed by atoms with Crippen LogP contribution in [-0.4, -0.2) is 20.5 Å². The van der Waals surface area contributed by atoms with Crippen LogP contribution in [0.25, 0.3) is 0 Å². The second-order valence-electron chi connectivity index (χ2n) is 4.20. The van der Waals surface area contributed by atoms with E-state index < -0.39 is 0 Å². The monoisotopic (exact) mass is 207 g/mol. The molecule has 1 unspecified atom stereocenters. The first kappa shape index (κ1) is 10.3. The fraction of sp³-hybridized carbons (Fsp3) is 0.727. The van der Waals surface area contributed by atoms with Crippen LogP contribution >= 0.6 is 0 Å². The Morgan fingerprint density at radius 2 is 2.47 bits per heavy atom. The summed E-state index contributed by atoms with van der Waals surface area (Å²) in [4.78, 5) is 15.6. The van der Waals surface area contributed by atoms with Crippen molar-refractivity contribution in [1.82, 2.24) is 14.8 Å². The van der Waals surface area contributed by atoms with E-state index in [-0.39, 0.29) is 0 Å². The summed E-state index contributed by atoms with van der Waals surface area (Å²) in [6.45, 7) is 2.92. The minimum atomic E-state index is 0.411. The van der Waals surface area contributed by atoms with Crippen molar-refractivity contribution in [2.75, 3.05) is 0 Å². The quantitative estimate of drug-likeness (QED) is 0.756. The van der Waals surface area contributed by atoms with Gasteiger partial charge in [-0.25, -0.2) is 4.98 Å². The van der Waals surface area contributed by atoms with Gasteiger partial charge in [-0.1, -0.05) is 0 Å². The number of ketones is 1. The molecule has 2 rings (SSSR count). The number of aryl methyl sites for hydroxylation is 1. The number of Topliss-reactive ketones (excluding diaryl/α,β-unsaturated/α-hetero) is 1. The molecule has 4 nitrogen and oxygen atoms in total. The summed E-state index contributed by atoms with van der Waals surface area (Å²) < 4.78 is 1.92. The minimum absolute atomic E-state index is 0.411. The molecule has 0 spiro atoms. The van der Waals surface area contributed by atoms with Gasteiger partial charge in [0.2, 0.25) is 0 Å². The van der Waals surface area contributed by atoms with E-state index in [0.717, 1.165) is 44.5 Å². The molecule has 82 valence electrons. The first-order valence-electron chi connectivity index (χ1n) is 5.68. The summed E-state index contributed by atoms with van der Waals surface area (Å²) in [7, 11) is 0. The van der Waals surface area contributed by atoms with Crippen molar-refractivity contribution in [3.8, 4) is 0 Å². The Hall–Kier alpha value is -1.19. The molecule has 0 aromatic carbocycles. The zero-order valence-corrected chi connectivity index (χ0v) is 9.15. The van der Waals surface area contributed by atoms with E-state index in [1.807, 2.05) is 4.68 Å². The summed E-state index contributed by atoms with van der Waals surface area (Å²) in [5.41, 5.74) is 0. The second kappa shape index (κ2) is 4.55. The first-order valence-corrected chi connectivity index (χ1v) is 5.68. The van der Waals surface area contributed by atoms with E-state index >= 15 is 0 Å². The smallest absolute Gasteiger partial charge is 0.138 e. The Kier molecular flexibility index (Phi) is 3.14. The predicted molar refractivity (Wildman–Crippen MR) is 56.4 cm³/mol. The predicted octanol–water partition coefficient (Wildman–Crippen LogP) is 1.60. The molecule has 0 aliphatic heterocycles. The summed E-state index contributed by atoms with van der Waals surface area (Å²) in [6, 6.07) is 0. The summed E-state index contributed by atoms with van der Waals surface area (Å²) in [6.07, 6.45) is 6.21. The van der Waals surface area contributed by atoms with Gasteiger partial charge in [0.05, 0.1) is 0 Å². The maximum atomic E-state index is 11.3. The Morgan fingerprint density at radius 1 is 1.60 bits per heavy atom. The van der Waals surface area contributed by atoms with E-state index in [9.17, 15) is 4.79 Å². The molecule has 0 radical (unpaired) electrons. The average Bonchev–Trinajstić information content (AvgIpc) is 2.65. The Bertz CT molecular complexity index is 345. The van der Waals surface area contributed by atoms with Gasteiger partial charge in [-0.15, -0.1) is 0 Å². The highest BCUT2D eigenvalue weighted by Gasteiger charge is 2.21. The largest absolute Gasteiger partial charge is 0.300 e. The summed E-state index contributed by atoms with van der Waals surface area (Å²) in [5.74, 6) is 1.92. The van der Waals surface area contributed by atoms with Crippen molar-refractivity contribution in [3.63, 3.8) is 0 Å². The van der Waals surface area contributed by atoms with Crippen molar-refractivity contribution in [3.05, 3.63) is 12.2 Å². The number of nitrogens with zero attached hydrogens (tertiary/aromatic N) is 3. The summed E-state index contributed by atoms with van der Waals surface area (Å²) >= 11 is 0. The van der Waals surface area contributed by atoms with Crippen molar-refractivity contribution < 1.29 is 4.79 Å². The molecule has 4 heteroatoms. The maximum absolute atomic E-state index is 11.3. The van der Waals surface area contributed by atoms with Gasteiger partial charge in [0.15, 0.2) is 0 Å². The molecule has 1 saturated carbocycles. The molecule has 1 atom stereocenters. The van der Waals surface area contributed by atoms with Gasteiger partial charge in [0, 0.05) is 25.8 Å². The van der Waals surface area contributed by atoms with Crippen molar-refractivity contribution in [1.29, 1.82) is 0 Å². The van der Waals surface area contributed by atoms with Crippen LogP contribution in [0.5, 0.6) is 0 Å². The fourth-order valence-electron chi connectivity index (χ4n) is 2.26. The average molecular weight is 207 g/mol. The van der Waals surface area contributed by atoms with E-state index in [2.05, 4.69) is 17.0 Å². The molecule has 1 heterocycles. The standard InChI is InChI=1S/C11H17N3O/c1-2-14-11(12-8-13-14)7-9-4-3-5-10(15)6-9/h8-9H,2-7H2,1H3. The normalized spacial score (nSPS) is 21.9. The number of carbonyl (C=O) groups is 1. The molecule has 1 aromatic heterocycles. The lowest BCUT2D eigenvalue weighted by Crippen LogP contribution is -2.19. The van der Waals surface area contributed by atoms with Crippen LogP contribution in [0.1, 0.15) is 38.4 Å². The van der Waals surface area contributed by atoms with Crippen LogP contribution in [0.2, 0.25) is 0 Å². The van der Waals surface area contributed by atoms with E-state index in [4.69, 9.17) is 0 Å². The highest BCUT2D eigenvalue weighted by molar-refractivity contribution is 5.79. The van der Waals surface area contributed by atoms with Crippen molar-refractivity contribution in [2.45, 2.75) is 45.6 Å². The van der Waals surface area contributed by atoms with Crippen LogP contribution in [0, 0.1) is 5.92 Å². The topological polar surface area (TPSA) is 47.8 Å². The van der Waals surface area contributed by atoms with Crippen LogP contribution in [0.15, 0.2) is 6.33 Å². The van der Waals surface area contributed by atoms with Gasteiger partial charge >= 0.3 is 0 Å². The SMILES string of the molecule is CCn1ncnc1CC1CCCC(=O)C1. The lowest BCUT2D eigenvalue weighted by atomic mass is 9.86. The van der Waals surface area contributed by atoms with Crippen molar-refractivity contribution in [2.24, 2.45) is 5.92 Å². The number of rotatable bonds is 3. The highest BCUT2D eigenvalue weighted by atomic mass is 16.1. The number of hydrogen-bond donors (Lipinski definition) is 0. The van der Waals surface area contributed by atoms with E-state index in [0.29, 0.717) is 11.7 Å². The maximum Gasteiger partial charge on any atom is 0.138 e. The van der Waals surface area contributed by atoms with Gasteiger partial charge in [-0.05, 0) is 25.7 Å². The molecule has 1 aromatic rings. The third kappa shape index (κ3) is 2.43. The molecule has 0 bridgehead atoms. The molecule has 0 N–H and O–H groups in total. The summed E-state index contributed by atoms with van der Waals surface area (Å²) in [5, 5.41) is 4.14. The van der Waals surface area contributed by atoms with Crippen LogP contribution in [0.4, 0.5) is 0 Å². The van der Waals surface area contributed by atoms with Crippen LogP contribution in [0.3, 0.4) is 0 Å². The molecule has 0 saturated heterocycles. The zero-order chi connectivity index (χ0) is 10.7.